The van der Waals surface area contributed by atoms with Gasteiger partial charge in [0.2, 0.25) is 5.91 Å². The zero-order chi connectivity index (χ0) is 12.3. The fraction of sp³-hybridized carbons (Fsp3) is 0.833. The van der Waals surface area contributed by atoms with Gasteiger partial charge in [-0.2, -0.15) is 0 Å². The van der Waals surface area contributed by atoms with Crippen LogP contribution >= 0.6 is 0 Å². The van der Waals surface area contributed by atoms with Crippen LogP contribution in [0.1, 0.15) is 32.1 Å². The number of carboxylic acid groups (broad SMARTS) is 1. The van der Waals surface area contributed by atoms with Crippen LogP contribution in [-0.2, 0) is 9.59 Å². The number of likely N-dealkylation sites (tertiary alicyclic amines) is 2. The molecule has 0 aromatic heterocycles. The molecule has 5 nitrogen and oxygen atoms in total. The van der Waals surface area contributed by atoms with E-state index in [2.05, 4.69) is 4.90 Å². The summed E-state index contributed by atoms with van der Waals surface area (Å²) < 4.78 is 0. The van der Waals surface area contributed by atoms with Crippen LogP contribution in [0.4, 0.5) is 0 Å². The Kier molecular flexibility index (Phi) is 3.99. The molecule has 1 N–H and O–H groups in total. The van der Waals surface area contributed by atoms with Gasteiger partial charge in [-0.15, -0.1) is 0 Å². The van der Waals surface area contributed by atoms with Crippen molar-refractivity contribution in [3.8, 4) is 0 Å². The van der Waals surface area contributed by atoms with Crippen molar-refractivity contribution in [2.75, 3.05) is 26.2 Å². The second-order valence-electron chi connectivity index (χ2n) is 4.88. The van der Waals surface area contributed by atoms with E-state index in [4.69, 9.17) is 5.11 Å². The molecule has 0 unspecified atom stereocenters. The highest BCUT2D eigenvalue weighted by atomic mass is 16.4. The smallest absolute Gasteiger partial charge is 0.326 e. The summed E-state index contributed by atoms with van der Waals surface area (Å²) in [7, 11) is 0. The van der Waals surface area contributed by atoms with Gasteiger partial charge in [0.25, 0.3) is 0 Å². The number of carbonyl (C=O) groups excluding carboxylic acids is 1. The standard InChI is InChI=1S/C12H20N2O3/c15-11(5-9-13-6-1-2-7-13)14-8-3-4-10(14)12(16)17/h10H,1-9H2,(H,16,17)/t10-/m1/s1. The Morgan fingerprint density at radius 2 is 1.82 bits per heavy atom. The number of nitrogens with zero attached hydrogens (tertiary/aromatic N) is 2. The summed E-state index contributed by atoms with van der Waals surface area (Å²) >= 11 is 0. The van der Waals surface area contributed by atoms with Crippen molar-refractivity contribution in [3.05, 3.63) is 0 Å². The van der Waals surface area contributed by atoms with Crippen LogP contribution in [-0.4, -0.2) is 59.0 Å². The van der Waals surface area contributed by atoms with Gasteiger partial charge < -0.3 is 14.9 Å². The molecule has 0 spiro atoms. The molecule has 0 saturated carbocycles. The third kappa shape index (κ3) is 2.97. The summed E-state index contributed by atoms with van der Waals surface area (Å²) in [5, 5.41) is 9.01. The number of hydrogen-bond donors (Lipinski definition) is 1. The maximum atomic E-state index is 12.0. The number of carbonyl (C=O) groups is 2. The number of rotatable bonds is 4. The minimum absolute atomic E-state index is 0.00167. The van der Waals surface area contributed by atoms with Crippen LogP contribution in [0.2, 0.25) is 0 Å². The van der Waals surface area contributed by atoms with Crippen LogP contribution in [0, 0.1) is 0 Å². The lowest BCUT2D eigenvalue weighted by atomic mass is 10.2. The number of aliphatic carboxylic acids is 1. The van der Waals surface area contributed by atoms with E-state index in [1.54, 1.807) is 4.90 Å². The van der Waals surface area contributed by atoms with E-state index in [1.165, 1.54) is 12.8 Å². The average molecular weight is 240 g/mol. The van der Waals surface area contributed by atoms with Crippen molar-refractivity contribution in [3.63, 3.8) is 0 Å². The first-order valence-corrected chi connectivity index (χ1v) is 6.43. The molecule has 1 atom stereocenters. The summed E-state index contributed by atoms with van der Waals surface area (Å²) in [4.78, 5) is 26.7. The average Bonchev–Trinajstić information content (AvgIpc) is 2.96. The minimum atomic E-state index is -0.864. The van der Waals surface area contributed by atoms with Crippen LogP contribution < -0.4 is 0 Å². The molecule has 2 aliphatic heterocycles. The maximum Gasteiger partial charge on any atom is 0.326 e. The van der Waals surface area contributed by atoms with Gasteiger partial charge in [-0.3, -0.25) is 4.79 Å². The van der Waals surface area contributed by atoms with Crippen molar-refractivity contribution in [1.82, 2.24) is 9.80 Å². The molecule has 2 rings (SSSR count). The Bertz CT molecular complexity index is 300. The topological polar surface area (TPSA) is 60.9 Å². The van der Waals surface area contributed by atoms with Gasteiger partial charge in [0.1, 0.15) is 6.04 Å². The first-order chi connectivity index (χ1) is 8.18. The van der Waals surface area contributed by atoms with Crippen molar-refractivity contribution >= 4 is 11.9 Å². The quantitative estimate of drug-likeness (QED) is 0.779. The monoisotopic (exact) mass is 240 g/mol. The maximum absolute atomic E-state index is 12.0. The van der Waals surface area contributed by atoms with Gasteiger partial charge >= 0.3 is 5.97 Å². The predicted octanol–water partition coefficient (Wildman–Crippen LogP) is 0.548. The first kappa shape index (κ1) is 12.4. The molecular formula is C12H20N2O3. The van der Waals surface area contributed by atoms with Crippen molar-refractivity contribution < 1.29 is 14.7 Å². The molecule has 0 radical (unpaired) electrons. The molecule has 96 valence electrons. The van der Waals surface area contributed by atoms with Crippen molar-refractivity contribution in [2.24, 2.45) is 0 Å². The first-order valence-electron chi connectivity index (χ1n) is 6.43. The Balaban J connectivity index is 1.80. The lowest BCUT2D eigenvalue weighted by molar-refractivity contribution is -0.148. The fourth-order valence-corrected chi connectivity index (χ4v) is 2.73. The van der Waals surface area contributed by atoms with Gasteiger partial charge in [-0.1, -0.05) is 0 Å². The van der Waals surface area contributed by atoms with Crippen molar-refractivity contribution in [2.45, 2.75) is 38.1 Å². The molecule has 1 amide bonds. The van der Waals surface area contributed by atoms with Crippen LogP contribution in [0.15, 0.2) is 0 Å². The highest BCUT2D eigenvalue weighted by Gasteiger charge is 2.33. The van der Waals surface area contributed by atoms with Gasteiger partial charge in [0, 0.05) is 19.5 Å². The molecule has 2 heterocycles. The van der Waals surface area contributed by atoms with E-state index in [1.807, 2.05) is 0 Å². The zero-order valence-electron chi connectivity index (χ0n) is 10.1. The second-order valence-corrected chi connectivity index (χ2v) is 4.88. The van der Waals surface area contributed by atoms with Crippen LogP contribution in [0.5, 0.6) is 0 Å². The van der Waals surface area contributed by atoms with Gasteiger partial charge in [-0.05, 0) is 38.8 Å². The molecule has 2 aliphatic rings. The predicted molar refractivity (Wildman–Crippen MR) is 62.7 cm³/mol. The molecule has 17 heavy (non-hydrogen) atoms. The van der Waals surface area contributed by atoms with E-state index in [0.29, 0.717) is 19.4 Å². The Labute approximate surface area is 101 Å². The molecular weight excluding hydrogens is 220 g/mol. The van der Waals surface area contributed by atoms with E-state index < -0.39 is 12.0 Å². The number of hydrogen-bond acceptors (Lipinski definition) is 3. The molecule has 2 saturated heterocycles. The van der Waals surface area contributed by atoms with E-state index in [9.17, 15) is 9.59 Å². The molecule has 0 aromatic rings. The van der Waals surface area contributed by atoms with E-state index in [-0.39, 0.29) is 5.91 Å². The highest BCUT2D eigenvalue weighted by Crippen LogP contribution is 2.18. The molecule has 5 heteroatoms. The van der Waals surface area contributed by atoms with Gasteiger partial charge in [-0.25, -0.2) is 4.79 Å². The van der Waals surface area contributed by atoms with E-state index >= 15 is 0 Å². The summed E-state index contributed by atoms with van der Waals surface area (Å²) in [5.74, 6) is -0.862. The van der Waals surface area contributed by atoms with Crippen LogP contribution in [0.3, 0.4) is 0 Å². The number of carboxylic acids is 1. The van der Waals surface area contributed by atoms with Gasteiger partial charge in [0.15, 0.2) is 0 Å². The molecule has 0 aromatic carbocycles. The summed E-state index contributed by atoms with van der Waals surface area (Å²) in [5.41, 5.74) is 0. The largest absolute Gasteiger partial charge is 0.480 e. The van der Waals surface area contributed by atoms with Gasteiger partial charge in [0.05, 0.1) is 0 Å². The minimum Gasteiger partial charge on any atom is -0.480 e. The summed E-state index contributed by atoms with van der Waals surface area (Å²) in [6.07, 6.45) is 4.31. The highest BCUT2D eigenvalue weighted by molar-refractivity contribution is 5.84. The Hall–Kier alpha value is -1.10. The molecule has 0 bridgehead atoms. The summed E-state index contributed by atoms with van der Waals surface area (Å²) in [6, 6.07) is -0.582. The Morgan fingerprint density at radius 3 is 2.47 bits per heavy atom. The molecule has 0 aliphatic carbocycles. The number of amides is 1. The Morgan fingerprint density at radius 1 is 1.12 bits per heavy atom. The lowest BCUT2D eigenvalue weighted by Crippen LogP contribution is -2.41. The third-order valence-corrected chi connectivity index (χ3v) is 3.70. The molecule has 2 fully saturated rings. The van der Waals surface area contributed by atoms with E-state index in [0.717, 1.165) is 26.1 Å². The summed E-state index contributed by atoms with van der Waals surface area (Å²) in [6.45, 7) is 3.54. The normalized spacial score (nSPS) is 25.4. The SMILES string of the molecule is O=C(O)[C@H]1CCCN1C(=O)CCN1CCCC1. The zero-order valence-corrected chi connectivity index (χ0v) is 10.1. The fourth-order valence-electron chi connectivity index (χ4n) is 2.73. The lowest BCUT2D eigenvalue weighted by Gasteiger charge is -2.23. The second kappa shape index (κ2) is 5.49. The third-order valence-electron chi connectivity index (χ3n) is 3.70. The van der Waals surface area contributed by atoms with Crippen LogP contribution in [0.25, 0.3) is 0 Å². The van der Waals surface area contributed by atoms with Crippen molar-refractivity contribution in [1.29, 1.82) is 0 Å².